The van der Waals surface area contributed by atoms with Gasteiger partial charge in [0.15, 0.2) is 5.13 Å². The normalized spacial score (nSPS) is 11.8. The predicted octanol–water partition coefficient (Wildman–Crippen LogP) is 6.11. The Morgan fingerprint density at radius 1 is 1.00 bits per heavy atom. The van der Waals surface area contributed by atoms with E-state index in [1.54, 1.807) is 23.2 Å². The number of nitrogens with zero attached hydrogens (tertiary/aromatic N) is 4. The summed E-state index contributed by atoms with van der Waals surface area (Å²) in [6.45, 7) is 5.07. The van der Waals surface area contributed by atoms with Crippen molar-refractivity contribution in [3.05, 3.63) is 82.6 Å². The van der Waals surface area contributed by atoms with Crippen LogP contribution in [0.5, 0.6) is 0 Å². The van der Waals surface area contributed by atoms with Gasteiger partial charge in [-0.25, -0.2) is 13.4 Å². The summed E-state index contributed by atoms with van der Waals surface area (Å²) in [5, 5.41) is 0.549. The molecular formula is C26H27BrN4O3S2. The van der Waals surface area contributed by atoms with Gasteiger partial charge in [-0.1, -0.05) is 47.2 Å². The predicted molar refractivity (Wildman–Crippen MR) is 148 cm³/mol. The Hall–Kier alpha value is -2.66. The smallest absolute Gasteiger partial charge is 0.260 e. The number of thiazole rings is 1. The molecule has 36 heavy (non-hydrogen) atoms. The SMILES string of the molecule is CCCN(CCC)S(=O)(=O)c1ccc(C(=O)N(Cc2ccccn2)c2nc3ccc(Br)cc3s2)cc1. The lowest BCUT2D eigenvalue weighted by Crippen LogP contribution is -2.33. The van der Waals surface area contributed by atoms with Crippen LogP contribution in [0.4, 0.5) is 5.13 Å². The van der Waals surface area contributed by atoms with E-state index in [2.05, 4.69) is 20.9 Å². The van der Waals surface area contributed by atoms with Gasteiger partial charge in [-0.3, -0.25) is 14.7 Å². The number of halogens is 1. The molecule has 1 amide bonds. The van der Waals surface area contributed by atoms with Crippen molar-refractivity contribution in [2.75, 3.05) is 18.0 Å². The Morgan fingerprint density at radius 3 is 2.36 bits per heavy atom. The molecule has 0 fully saturated rings. The van der Waals surface area contributed by atoms with Crippen molar-refractivity contribution in [2.24, 2.45) is 0 Å². The van der Waals surface area contributed by atoms with E-state index in [-0.39, 0.29) is 17.3 Å². The molecule has 2 aromatic heterocycles. The quantitative estimate of drug-likeness (QED) is 0.224. The first-order valence-electron chi connectivity index (χ1n) is 11.7. The monoisotopic (exact) mass is 586 g/mol. The number of carbonyl (C=O) groups is 1. The van der Waals surface area contributed by atoms with Gasteiger partial charge in [0.25, 0.3) is 5.91 Å². The molecule has 0 aliphatic heterocycles. The highest BCUT2D eigenvalue weighted by molar-refractivity contribution is 9.10. The molecule has 188 valence electrons. The summed E-state index contributed by atoms with van der Waals surface area (Å²) in [4.78, 5) is 24.5. The lowest BCUT2D eigenvalue weighted by Gasteiger charge is -2.22. The highest BCUT2D eigenvalue weighted by Crippen LogP contribution is 2.32. The summed E-state index contributed by atoms with van der Waals surface area (Å²) < 4.78 is 29.6. The van der Waals surface area contributed by atoms with Gasteiger partial charge in [0.1, 0.15) is 0 Å². The maximum atomic E-state index is 13.7. The van der Waals surface area contributed by atoms with E-state index in [1.807, 2.05) is 50.2 Å². The second kappa shape index (κ2) is 11.6. The van der Waals surface area contributed by atoms with Crippen LogP contribution >= 0.6 is 27.3 Å². The van der Waals surface area contributed by atoms with Gasteiger partial charge in [0, 0.05) is 29.3 Å². The van der Waals surface area contributed by atoms with Gasteiger partial charge in [-0.15, -0.1) is 0 Å². The number of aromatic nitrogens is 2. The van der Waals surface area contributed by atoms with Crippen molar-refractivity contribution in [2.45, 2.75) is 38.1 Å². The number of anilines is 1. The van der Waals surface area contributed by atoms with Crippen LogP contribution in [0.1, 0.15) is 42.7 Å². The highest BCUT2D eigenvalue weighted by Gasteiger charge is 2.25. The van der Waals surface area contributed by atoms with Crippen molar-refractivity contribution in [3.63, 3.8) is 0 Å². The number of amides is 1. The Labute approximate surface area is 224 Å². The molecular weight excluding hydrogens is 560 g/mol. The fourth-order valence-electron chi connectivity index (χ4n) is 3.81. The minimum Gasteiger partial charge on any atom is -0.278 e. The summed E-state index contributed by atoms with van der Waals surface area (Å²) in [7, 11) is -3.63. The zero-order valence-electron chi connectivity index (χ0n) is 20.1. The number of pyridine rings is 1. The topological polar surface area (TPSA) is 83.5 Å². The number of sulfonamides is 1. The first kappa shape index (κ1) is 26.4. The van der Waals surface area contributed by atoms with Crippen molar-refractivity contribution in [3.8, 4) is 0 Å². The summed E-state index contributed by atoms with van der Waals surface area (Å²) in [6, 6.07) is 17.5. The van der Waals surface area contributed by atoms with Crippen LogP contribution in [-0.4, -0.2) is 41.7 Å². The number of carbonyl (C=O) groups excluding carboxylic acids is 1. The Balaban J connectivity index is 1.67. The number of benzene rings is 2. The summed E-state index contributed by atoms with van der Waals surface area (Å²) >= 11 is 4.90. The number of hydrogen-bond acceptors (Lipinski definition) is 6. The maximum Gasteiger partial charge on any atom is 0.260 e. The first-order valence-corrected chi connectivity index (χ1v) is 14.8. The number of hydrogen-bond donors (Lipinski definition) is 0. The van der Waals surface area contributed by atoms with Gasteiger partial charge in [-0.05, 0) is 67.4 Å². The maximum absolute atomic E-state index is 13.7. The Morgan fingerprint density at radius 2 is 1.72 bits per heavy atom. The molecule has 0 atom stereocenters. The Kier molecular flexibility index (Phi) is 8.50. The van der Waals surface area contributed by atoms with Crippen LogP contribution in [0.25, 0.3) is 10.2 Å². The zero-order chi connectivity index (χ0) is 25.7. The third kappa shape index (κ3) is 5.83. The van der Waals surface area contributed by atoms with Crippen LogP contribution in [0.3, 0.4) is 0 Å². The van der Waals surface area contributed by atoms with Gasteiger partial charge in [-0.2, -0.15) is 4.31 Å². The molecule has 0 aliphatic rings. The number of fused-ring (bicyclic) bond motifs is 1. The molecule has 0 bridgehead atoms. The molecule has 0 unspecified atom stereocenters. The first-order chi connectivity index (χ1) is 17.3. The average Bonchev–Trinajstić information content (AvgIpc) is 3.30. The van der Waals surface area contributed by atoms with E-state index in [9.17, 15) is 13.2 Å². The number of rotatable bonds is 10. The molecule has 0 N–H and O–H groups in total. The van der Waals surface area contributed by atoms with Crippen LogP contribution in [0, 0.1) is 0 Å². The molecule has 4 aromatic rings. The summed E-state index contributed by atoms with van der Waals surface area (Å²) in [6.07, 6.45) is 3.15. The molecule has 0 saturated carbocycles. The fraction of sp³-hybridized carbons (Fsp3) is 0.269. The van der Waals surface area contributed by atoms with Crippen LogP contribution in [0.2, 0.25) is 0 Å². The molecule has 2 aromatic carbocycles. The molecule has 0 aliphatic carbocycles. The zero-order valence-corrected chi connectivity index (χ0v) is 23.3. The summed E-state index contributed by atoms with van der Waals surface area (Å²) in [5.74, 6) is -0.276. The fourth-order valence-corrected chi connectivity index (χ4v) is 6.95. The van der Waals surface area contributed by atoms with Crippen LogP contribution < -0.4 is 4.90 Å². The molecule has 0 radical (unpaired) electrons. The van der Waals surface area contributed by atoms with Gasteiger partial charge >= 0.3 is 0 Å². The van der Waals surface area contributed by atoms with E-state index in [0.717, 1.165) is 33.2 Å². The molecule has 10 heteroatoms. The van der Waals surface area contributed by atoms with E-state index in [0.29, 0.717) is 23.8 Å². The lowest BCUT2D eigenvalue weighted by molar-refractivity contribution is 0.0984. The lowest BCUT2D eigenvalue weighted by atomic mass is 10.2. The standard InChI is InChI=1S/C26H27BrN4O3S2/c1-3-15-30(16-4-2)36(33,34)22-11-8-19(9-12-22)25(32)31(18-21-7-5-6-14-28-21)26-29-23-13-10-20(27)17-24(23)35-26/h5-14,17H,3-4,15-16,18H2,1-2H3. The molecule has 2 heterocycles. The molecule has 0 saturated heterocycles. The van der Waals surface area contributed by atoms with Crippen LogP contribution in [-0.2, 0) is 16.6 Å². The van der Waals surface area contributed by atoms with E-state index in [4.69, 9.17) is 4.98 Å². The van der Waals surface area contributed by atoms with E-state index in [1.165, 1.54) is 27.8 Å². The van der Waals surface area contributed by atoms with E-state index >= 15 is 0 Å². The van der Waals surface area contributed by atoms with Crippen molar-refractivity contribution in [1.29, 1.82) is 0 Å². The highest BCUT2D eigenvalue weighted by atomic mass is 79.9. The van der Waals surface area contributed by atoms with Crippen molar-refractivity contribution >= 4 is 58.5 Å². The van der Waals surface area contributed by atoms with Crippen LogP contribution in [0.15, 0.2) is 76.2 Å². The summed E-state index contributed by atoms with van der Waals surface area (Å²) in [5.41, 5.74) is 1.90. The van der Waals surface area contributed by atoms with E-state index < -0.39 is 10.0 Å². The Bertz CT molecular complexity index is 1440. The van der Waals surface area contributed by atoms with Crippen molar-refractivity contribution < 1.29 is 13.2 Å². The van der Waals surface area contributed by atoms with Gasteiger partial charge < -0.3 is 0 Å². The second-order valence-corrected chi connectivity index (χ2v) is 12.1. The molecule has 7 nitrogen and oxygen atoms in total. The van der Waals surface area contributed by atoms with Gasteiger partial charge in [0.05, 0.1) is 27.4 Å². The van der Waals surface area contributed by atoms with Crippen molar-refractivity contribution in [1.82, 2.24) is 14.3 Å². The minimum absolute atomic E-state index is 0.182. The average molecular weight is 588 g/mol. The third-order valence-corrected chi connectivity index (χ3v) is 8.99. The third-order valence-electron chi connectivity index (χ3n) is 5.55. The van der Waals surface area contributed by atoms with Gasteiger partial charge in [0.2, 0.25) is 10.0 Å². The largest absolute Gasteiger partial charge is 0.278 e. The second-order valence-electron chi connectivity index (χ2n) is 8.25. The molecule has 0 spiro atoms. The minimum atomic E-state index is -3.63. The molecule has 4 rings (SSSR count).